The predicted octanol–water partition coefficient (Wildman–Crippen LogP) is 5.57. The van der Waals surface area contributed by atoms with Gasteiger partial charge in [0, 0.05) is 42.3 Å². The SMILES string of the molecule is C=C1/C=C\n2ncc(c2C)-c2cc(ccc2C)CCC(CCC)N(CCC)CCN1. The lowest BCUT2D eigenvalue weighted by Crippen LogP contribution is -2.40. The largest absolute Gasteiger partial charge is 0.384 e. The molecule has 1 atom stereocenters. The van der Waals surface area contributed by atoms with Gasteiger partial charge in [0.1, 0.15) is 0 Å². The molecule has 30 heavy (non-hydrogen) atoms. The standard InChI is InChI=1S/C26H38N4/c1-6-8-24-12-11-23-10-9-20(3)25(18-23)26-19-28-30(22(26)5)16-13-21(4)27-14-17-29(24)15-7-2/h9-10,13,16,18-19,24,27H,4,6-8,11-12,14-15,17H2,1-3,5H3/b16-13-. The monoisotopic (exact) mass is 406 g/mol. The van der Waals surface area contributed by atoms with E-state index in [4.69, 9.17) is 0 Å². The molecule has 0 aliphatic carbocycles. The Bertz CT molecular complexity index is 877. The van der Waals surface area contributed by atoms with Crippen molar-refractivity contribution in [2.75, 3.05) is 19.6 Å². The van der Waals surface area contributed by atoms with Crippen molar-refractivity contribution in [3.8, 4) is 11.1 Å². The van der Waals surface area contributed by atoms with Crippen molar-refractivity contribution < 1.29 is 0 Å². The molecule has 0 saturated carbocycles. The second-order valence-electron chi connectivity index (χ2n) is 8.52. The van der Waals surface area contributed by atoms with E-state index in [0.29, 0.717) is 6.04 Å². The predicted molar refractivity (Wildman–Crippen MR) is 128 cm³/mol. The molecule has 4 bridgehead atoms. The van der Waals surface area contributed by atoms with Gasteiger partial charge < -0.3 is 5.32 Å². The van der Waals surface area contributed by atoms with Gasteiger partial charge in [-0.2, -0.15) is 5.10 Å². The van der Waals surface area contributed by atoms with Crippen LogP contribution in [0.3, 0.4) is 0 Å². The number of nitrogens with zero attached hydrogens (tertiary/aromatic N) is 3. The van der Waals surface area contributed by atoms with E-state index in [9.17, 15) is 0 Å². The first-order chi connectivity index (χ1) is 14.5. The lowest BCUT2D eigenvalue weighted by atomic mass is 9.94. The van der Waals surface area contributed by atoms with Crippen molar-refractivity contribution in [2.24, 2.45) is 0 Å². The van der Waals surface area contributed by atoms with Gasteiger partial charge in [-0.3, -0.25) is 4.90 Å². The molecular weight excluding hydrogens is 368 g/mol. The maximum Gasteiger partial charge on any atom is 0.0575 e. The van der Waals surface area contributed by atoms with Crippen LogP contribution in [0.2, 0.25) is 0 Å². The summed E-state index contributed by atoms with van der Waals surface area (Å²) in [6.07, 6.45) is 12.0. The van der Waals surface area contributed by atoms with Gasteiger partial charge in [-0.25, -0.2) is 4.68 Å². The van der Waals surface area contributed by atoms with Crippen LogP contribution in [0.4, 0.5) is 0 Å². The molecule has 2 heterocycles. The molecule has 162 valence electrons. The minimum atomic E-state index is 0.628. The fourth-order valence-electron chi connectivity index (χ4n) is 4.47. The van der Waals surface area contributed by atoms with Crippen molar-refractivity contribution in [1.29, 1.82) is 0 Å². The number of fused-ring (bicyclic) bond motifs is 5. The van der Waals surface area contributed by atoms with E-state index < -0.39 is 0 Å². The number of benzene rings is 1. The minimum Gasteiger partial charge on any atom is -0.384 e. The zero-order valence-electron chi connectivity index (χ0n) is 19.2. The average Bonchev–Trinajstić information content (AvgIpc) is 3.09. The Balaban J connectivity index is 1.97. The number of hydrogen-bond donors (Lipinski definition) is 1. The summed E-state index contributed by atoms with van der Waals surface area (Å²) >= 11 is 0. The highest BCUT2D eigenvalue weighted by Crippen LogP contribution is 2.28. The summed E-state index contributed by atoms with van der Waals surface area (Å²) in [7, 11) is 0. The maximum absolute atomic E-state index is 4.60. The van der Waals surface area contributed by atoms with E-state index in [-0.39, 0.29) is 0 Å². The second-order valence-corrected chi connectivity index (χ2v) is 8.52. The first-order valence-electron chi connectivity index (χ1n) is 11.5. The normalized spacial score (nSPS) is 19.5. The Hall–Kier alpha value is -2.33. The van der Waals surface area contributed by atoms with Gasteiger partial charge in [-0.05, 0) is 68.8 Å². The van der Waals surface area contributed by atoms with Gasteiger partial charge in [0.2, 0.25) is 0 Å². The quantitative estimate of drug-likeness (QED) is 0.721. The molecule has 0 radical (unpaired) electrons. The fourth-order valence-corrected chi connectivity index (χ4v) is 4.47. The summed E-state index contributed by atoms with van der Waals surface area (Å²) in [5.41, 5.74) is 7.32. The number of rotatable bonds is 4. The summed E-state index contributed by atoms with van der Waals surface area (Å²) in [5.74, 6) is 0. The van der Waals surface area contributed by atoms with E-state index >= 15 is 0 Å². The molecule has 4 nitrogen and oxygen atoms in total. The molecule has 1 unspecified atom stereocenters. The molecule has 0 amide bonds. The molecule has 1 aliphatic heterocycles. The number of allylic oxidation sites excluding steroid dienone is 1. The highest BCUT2D eigenvalue weighted by molar-refractivity contribution is 5.70. The van der Waals surface area contributed by atoms with E-state index in [0.717, 1.165) is 37.4 Å². The molecule has 1 N–H and O–H groups in total. The van der Waals surface area contributed by atoms with Gasteiger partial charge in [-0.15, -0.1) is 0 Å². The van der Waals surface area contributed by atoms with Gasteiger partial charge in [0.25, 0.3) is 0 Å². The molecule has 0 fully saturated rings. The van der Waals surface area contributed by atoms with Crippen LogP contribution >= 0.6 is 0 Å². The highest BCUT2D eigenvalue weighted by Gasteiger charge is 2.18. The minimum absolute atomic E-state index is 0.628. The highest BCUT2D eigenvalue weighted by atomic mass is 15.3. The average molecular weight is 407 g/mol. The first kappa shape index (κ1) is 22.4. The van der Waals surface area contributed by atoms with Crippen molar-refractivity contribution in [2.45, 2.75) is 65.8 Å². The summed E-state index contributed by atoms with van der Waals surface area (Å²) in [6.45, 7) is 16.2. The molecule has 4 heteroatoms. The Labute approximate surface area is 182 Å². The smallest absolute Gasteiger partial charge is 0.0575 e. The summed E-state index contributed by atoms with van der Waals surface area (Å²) in [4.78, 5) is 2.68. The second kappa shape index (κ2) is 10.6. The van der Waals surface area contributed by atoms with Gasteiger partial charge in [-0.1, -0.05) is 45.0 Å². The molecule has 3 rings (SSSR count). The van der Waals surface area contributed by atoms with E-state index in [1.54, 1.807) is 0 Å². The molecule has 1 aromatic heterocycles. The molecule has 0 saturated heterocycles. The zero-order chi connectivity index (χ0) is 21.5. The van der Waals surface area contributed by atoms with Gasteiger partial charge in [0.05, 0.1) is 6.20 Å². The number of aromatic nitrogens is 2. The van der Waals surface area contributed by atoms with Crippen LogP contribution in [-0.4, -0.2) is 40.4 Å². The Kier molecular flexibility index (Phi) is 7.92. The van der Waals surface area contributed by atoms with Crippen LogP contribution in [0, 0.1) is 13.8 Å². The van der Waals surface area contributed by atoms with Crippen LogP contribution in [0.5, 0.6) is 0 Å². The first-order valence-corrected chi connectivity index (χ1v) is 11.5. The van der Waals surface area contributed by atoms with E-state index in [1.165, 1.54) is 47.9 Å². The Morgan fingerprint density at radius 3 is 2.77 bits per heavy atom. The number of nitrogens with one attached hydrogen (secondary N) is 1. The van der Waals surface area contributed by atoms with Crippen LogP contribution in [0.15, 0.2) is 42.7 Å². The molecule has 1 aliphatic rings. The third-order valence-electron chi connectivity index (χ3n) is 6.22. The van der Waals surface area contributed by atoms with Crippen LogP contribution in [-0.2, 0) is 6.42 Å². The third kappa shape index (κ3) is 5.42. The van der Waals surface area contributed by atoms with E-state index in [2.05, 4.69) is 67.8 Å². The summed E-state index contributed by atoms with van der Waals surface area (Å²) in [5, 5.41) is 8.09. The van der Waals surface area contributed by atoms with Gasteiger partial charge in [0.15, 0.2) is 0 Å². The molecule has 0 spiro atoms. The Morgan fingerprint density at radius 2 is 2.00 bits per heavy atom. The van der Waals surface area contributed by atoms with Crippen LogP contribution in [0.1, 0.15) is 56.4 Å². The third-order valence-corrected chi connectivity index (χ3v) is 6.22. The van der Waals surface area contributed by atoms with Crippen molar-refractivity contribution in [3.05, 3.63) is 59.6 Å². The summed E-state index contributed by atoms with van der Waals surface area (Å²) < 4.78 is 1.95. The van der Waals surface area contributed by atoms with Crippen molar-refractivity contribution in [1.82, 2.24) is 20.0 Å². The summed E-state index contributed by atoms with van der Waals surface area (Å²) in [6, 6.07) is 7.58. The maximum atomic E-state index is 4.60. The Morgan fingerprint density at radius 1 is 1.17 bits per heavy atom. The van der Waals surface area contributed by atoms with Gasteiger partial charge >= 0.3 is 0 Å². The van der Waals surface area contributed by atoms with Crippen molar-refractivity contribution >= 4 is 6.20 Å². The lowest BCUT2D eigenvalue weighted by molar-refractivity contribution is 0.178. The molecular formula is C26H38N4. The number of hydrogen-bond acceptors (Lipinski definition) is 3. The fraction of sp³-hybridized carbons (Fsp3) is 0.500. The van der Waals surface area contributed by atoms with E-state index in [1.807, 2.05) is 23.2 Å². The van der Waals surface area contributed by atoms with Crippen LogP contribution in [0.25, 0.3) is 17.3 Å². The zero-order valence-corrected chi connectivity index (χ0v) is 19.2. The number of aryl methyl sites for hydroxylation is 2. The lowest BCUT2D eigenvalue weighted by Gasteiger charge is -2.32. The topological polar surface area (TPSA) is 33.1 Å². The van der Waals surface area contributed by atoms with Crippen LogP contribution < -0.4 is 5.32 Å². The molecule has 2 aromatic rings. The van der Waals surface area contributed by atoms with Crippen molar-refractivity contribution in [3.63, 3.8) is 0 Å². The molecule has 1 aromatic carbocycles.